The van der Waals surface area contributed by atoms with Crippen LogP contribution in [0.2, 0.25) is 10.0 Å². The highest BCUT2D eigenvalue weighted by atomic mass is 35.5. The van der Waals surface area contributed by atoms with Crippen LogP contribution in [-0.4, -0.2) is 48.1 Å². The number of thiol groups is 1. The van der Waals surface area contributed by atoms with Crippen LogP contribution in [-0.2, 0) is 6.61 Å². The molecule has 196 valence electrons. The van der Waals surface area contributed by atoms with Gasteiger partial charge in [0.2, 0.25) is 0 Å². The summed E-state index contributed by atoms with van der Waals surface area (Å²) in [5, 5.41) is 12.4. The number of pyridine rings is 2. The predicted octanol–water partition coefficient (Wildman–Crippen LogP) is 4.90. The second-order valence-electron chi connectivity index (χ2n) is 9.01. The Labute approximate surface area is 229 Å². The maximum absolute atomic E-state index is 14.9. The van der Waals surface area contributed by atoms with Crippen LogP contribution in [0.1, 0.15) is 22.4 Å². The lowest BCUT2D eigenvalue weighted by Gasteiger charge is -2.56. The largest absolute Gasteiger partial charge is 0.486 e. The third kappa shape index (κ3) is 5.34. The number of ether oxygens (including phenoxy) is 1. The first-order chi connectivity index (χ1) is 17.7. The highest BCUT2D eigenvalue weighted by Crippen LogP contribution is 2.38. The monoisotopic (exact) mass is 566 g/mol. The number of rotatable bonds is 6. The topological polar surface area (TPSA) is 100 Å². The van der Waals surface area contributed by atoms with E-state index in [9.17, 15) is 8.78 Å². The molecule has 4 N–H and O–H groups in total. The molecule has 3 aromatic rings. The van der Waals surface area contributed by atoms with E-state index in [2.05, 4.69) is 27.9 Å². The Morgan fingerprint density at radius 2 is 1.86 bits per heavy atom. The van der Waals surface area contributed by atoms with Gasteiger partial charge in [0.15, 0.2) is 23.2 Å². The number of benzene rings is 1. The van der Waals surface area contributed by atoms with E-state index in [1.165, 1.54) is 24.5 Å². The summed E-state index contributed by atoms with van der Waals surface area (Å²) in [5.41, 5.74) is 7.54. The Hall–Kier alpha value is -2.66. The Morgan fingerprint density at radius 1 is 1.16 bits per heavy atom. The van der Waals surface area contributed by atoms with Crippen LogP contribution in [0.5, 0.6) is 5.75 Å². The van der Waals surface area contributed by atoms with Gasteiger partial charge in [0.1, 0.15) is 6.61 Å². The van der Waals surface area contributed by atoms with E-state index in [-0.39, 0.29) is 51.1 Å². The summed E-state index contributed by atoms with van der Waals surface area (Å²) in [6, 6.07) is 3.61. The Kier molecular flexibility index (Phi) is 8.13. The molecule has 5 rings (SSSR count). The van der Waals surface area contributed by atoms with Crippen molar-refractivity contribution < 1.29 is 13.5 Å². The van der Waals surface area contributed by atoms with E-state index in [0.29, 0.717) is 16.3 Å². The number of aryl methyl sites for hydroxylation is 1. The van der Waals surface area contributed by atoms with Gasteiger partial charge in [-0.05, 0) is 25.3 Å². The Balaban J connectivity index is 0.00000156. The highest BCUT2D eigenvalue weighted by Gasteiger charge is 2.48. The first kappa shape index (κ1) is 27.4. The lowest BCUT2D eigenvalue weighted by Crippen LogP contribution is -2.71. The summed E-state index contributed by atoms with van der Waals surface area (Å²) in [5.74, 6) is -1.13. The van der Waals surface area contributed by atoms with Gasteiger partial charge in [0, 0.05) is 72.4 Å². The molecule has 0 aliphatic carbocycles. The molecule has 7 nitrogen and oxygen atoms in total. The van der Waals surface area contributed by atoms with E-state index in [0.717, 1.165) is 32.2 Å². The fourth-order valence-electron chi connectivity index (χ4n) is 4.36. The van der Waals surface area contributed by atoms with Gasteiger partial charge in [-0.25, -0.2) is 13.8 Å². The molecular weight excluding hydrogens is 541 g/mol. The molecule has 2 fully saturated rings. The van der Waals surface area contributed by atoms with E-state index >= 15 is 0 Å². The lowest BCUT2D eigenvalue weighted by atomic mass is 9.74. The van der Waals surface area contributed by atoms with Gasteiger partial charge in [-0.3, -0.25) is 10.4 Å². The van der Waals surface area contributed by atoms with Crippen molar-refractivity contribution >= 4 is 53.0 Å². The predicted molar refractivity (Wildman–Crippen MR) is 147 cm³/mol. The number of halogens is 4. The van der Waals surface area contributed by atoms with Crippen molar-refractivity contribution in [2.24, 2.45) is 5.41 Å². The third-order valence-electron chi connectivity index (χ3n) is 6.45. The zero-order chi connectivity index (χ0) is 26.9. The van der Waals surface area contributed by atoms with Crippen molar-refractivity contribution in [1.29, 1.82) is 5.41 Å². The highest BCUT2D eigenvalue weighted by molar-refractivity contribution is 7.79. The molecule has 0 atom stereocenters. The van der Waals surface area contributed by atoms with Crippen molar-refractivity contribution in [2.45, 2.75) is 13.5 Å². The summed E-state index contributed by atoms with van der Waals surface area (Å²) in [7, 11) is 0. The molecule has 0 bridgehead atoms. The first-order valence-electron chi connectivity index (χ1n) is 11.3. The number of nitrogens with one attached hydrogen (secondary N) is 2. The van der Waals surface area contributed by atoms with Gasteiger partial charge in [-0.15, -0.1) is 0 Å². The fourth-order valence-corrected chi connectivity index (χ4v) is 4.81. The van der Waals surface area contributed by atoms with Crippen molar-refractivity contribution in [3.63, 3.8) is 0 Å². The second kappa shape index (κ2) is 11.0. The molecule has 4 heterocycles. The number of anilines is 2. The van der Waals surface area contributed by atoms with Gasteiger partial charge >= 0.3 is 0 Å². The average Bonchev–Trinajstić information content (AvgIpc) is 2.82. The van der Waals surface area contributed by atoms with Gasteiger partial charge in [-0.1, -0.05) is 23.2 Å². The molecule has 37 heavy (non-hydrogen) atoms. The van der Waals surface area contributed by atoms with Crippen molar-refractivity contribution in [3.05, 3.63) is 74.7 Å². The molecule has 0 radical (unpaired) electrons. The van der Waals surface area contributed by atoms with Crippen molar-refractivity contribution in [2.75, 3.05) is 43.1 Å². The van der Waals surface area contributed by atoms with Crippen LogP contribution < -0.4 is 20.7 Å². The average molecular weight is 567 g/mol. The van der Waals surface area contributed by atoms with Crippen LogP contribution in [0.25, 0.3) is 0 Å². The second-order valence-corrected chi connectivity index (χ2v) is 9.79. The normalized spacial score (nSPS) is 15.4. The fraction of sp³-hybridized carbons (Fsp3) is 0.320. The zero-order valence-electron chi connectivity index (χ0n) is 20.2. The number of nitrogen functional groups attached to an aromatic ring is 1. The summed E-state index contributed by atoms with van der Waals surface area (Å²) < 4.78 is 35.1. The van der Waals surface area contributed by atoms with E-state index in [1.807, 2.05) is 4.90 Å². The minimum absolute atomic E-state index is 0.0160. The van der Waals surface area contributed by atoms with Crippen molar-refractivity contribution in [3.8, 4) is 5.75 Å². The van der Waals surface area contributed by atoms with Gasteiger partial charge < -0.3 is 20.7 Å². The molecule has 1 aromatic carbocycles. The van der Waals surface area contributed by atoms with Gasteiger partial charge in [0.25, 0.3) is 0 Å². The third-order valence-corrected chi connectivity index (χ3v) is 7.28. The molecule has 0 amide bonds. The minimum atomic E-state index is -0.714. The van der Waals surface area contributed by atoms with Crippen LogP contribution in [0.3, 0.4) is 0 Å². The number of hydrogen-bond donors (Lipinski definition) is 4. The lowest BCUT2D eigenvalue weighted by molar-refractivity contribution is 0.119. The number of nitrogens with two attached hydrogens (primary N) is 1. The number of nitrogens with zero attached hydrogens (tertiary/aromatic N) is 3. The molecule has 2 aromatic heterocycles. The van der Waals surface area contributed by atoms with Gasteiger partial charge in [-0.2, -0.15) is 12.6 Å². The Bertz CT molecular complexity index is 1350. The molecule has 2 saturated heterocycles. The van der Waals surface area contributed by atoms with E-state index < -0.39 is 11.6 Å². The SMILES string of the molecule is CS.Cc1ncc(Cl)c(COc2cc(C(=N)c3cnc(N4CC5(CNC5)C4)c(F)c3)c(N)cc2F)c1Cl. The smallest absolute Gasteiger partial charge is 0.167 e. The summed E-state index contributed by atoms with van der Waals surface area (Å²) in [4.78, 5) is 10.2. The zero-order valence-corrected chi connectivity index (χ0v) is 22.6. The summed E-state index contributed by atoms with van der Waals surface area (Å²) in [6.45, 7) is 4.96. The molecule has 1 spiro atoms. The molecule has 0 saturated carbocycles. The molecule has 2 aliphatic rings. The molecular formula is C25H26Cl2F2N6OS. The van der Waals surface area contributed by atoms with Crippen molar-refractivity contribution in [1.82, 2.24) is 15.3 Å². The minimum Gasteiger partial charge on any atom is -0.486 e. The van der Waals surface area contributed by atoms with Crippen LogP contribution >= 0.6 is 35.8 Å². The first-order valence-corrected chi connectivity index (χ1v) is 13.0. The van der Waals surface area contributed by atoms with Crippen LogP contribution in [0, 0.1) is 29.4 Å². The quantitative estimate of drug-likeness (QED) is 0.192. The van der Waals surface area contributed by atoms with E-state index in [1.54, 1.807) is 13.2 Å². The maximum Gasteiger partial charge on any atom is 0.167 e. The molecule has 12 heteroatoms. The number of hydrogen-bond acceptors (Lipinski definition) is 8. The summed E-state index contributed by atoms with van der Waals surface area (Å²) in [6.07, 6.45) is 4.56. The van der Waals surface area contributed by atoms with Gasteiger partial charge in [0.05, 0.1) is 21.5 Å². The molecule has 2 aliphatic heterocycles. The Morgan fingerprint density at radius 3 is 2.49 bits per heavy atom. The summed E-state index contributed by atoms with van der Waals surface area (Å²) >= 11 is 15.9. The molecule has 0 unspecified atom stereocenters. The maximum atomic E-state index is 14.9. The van der Waals surface area contributed by atoms with E-state index in [4.69, 9.17) is 39.1 Å². The number of aromatic nitrogens is 2. The standard InChI is InChI=1S/C24H22Cl2F2N6O.CH4S/c1-12-21(26)15(16(25)6-32-12)7-35-20-3-14(19(29)4-17(20)27)22(30)13-2-18(28)23(33-5-13)34-10-24(11-34)8-31-9-24;1-2/h2-6,30-31H,7-11,29H2,1H3;2H,1H3. The van der Waals surface area contributed by atoms with Crippen LogP contribution in [0.15, 0.2) is 30.6 Å². The van der Waals surface area contributed by atoms with Crippen LogP contribution in [0.4, 0.5) is 20.3 Å².